The summed E-state index contributed by atoms with van der Waals surface area (Å²) in [7, 11) is 0. The summed E-state index contributed by atoms with van der Waals surface area (Å²) in [6.45, 7) is 1.05. The van der Waals surface area contributed by atoms with Gasteiger partial charge in [-0.25, -0.2) is 0 Å². The fraction of sp³-hybridized carbons (Fsp3) is 0.176. The number of phenols is 1. The van der Waals surface area contributed by atoms with Crippen LogP contribution in [-0.2, 0) is 6.42 Å². The van der Waals surface area contributed by atoms with E-state index in [4.69, 9.17) is 0 Å². The van der Waals surface area contributed by atoms with Crippen LogP contribution in [0.3, 0.4) is 0 Å². The lowest BCUT2D eigenvalue weighted by Crippen LogP contribution is -2.87. The Morgan fingerprint density at radius 2 is 1.85 bits per heavy atom. The Hall–Kier alpha value is -2.26. The molecule has 0 aliphatic carbocycles. The number of hydrogen-bond acceptors (Lipinski definition) is 1. The lowest BCUT2D eigenvalue weighted by atomic mass is 9.94. The largest absolute Gasteiger partial charge is 0.507 e. The Morgan fingerprint density at radius 1 is 1.05 bits per heavy atom. The Morgan fingerprint density at radius 3 is 2.75 bits per heavy atom. The second kappa shape index (κ2) is 4.39. The van der Waals surface area contributed by atoms with Gasteiger partial charge in [0, 0.05) is 17.3 Å². The zero-order valence-electron chi connectivity index (χ0n) is 11.1. The summed E-state index contributed by atoms with van der Waals surface area (Å²) in [6, 6.07) is 16.2. The van der Waals surface area contributed by atoms with Crippen molar-refractivity contribution in [2.45, 2.75) is 12.5 Å². The number of nitrogens with two attached hydrogens (primary N) is 1. The van der Waals surface area contributed by atoms with Gasteiger partial charge >= 0.3 is 0 Å². The summed E-state index contributed by atoms with van der Waals surface area (Å²) in [4.78, 5) is 3.55. The molecule has 1 aliphatic heterocycles. The number of para-hydroxylation sites is 2. The van der Waals surface area contributed by atoms with E-state index in [1.807, 2.05) is 18.2 Å². The number of nitrogens with one attached hydrogen (secondary N) is 1. The van der Waals surface area contributed by atoms with Gasteiger partial charge in [0.05, 0.1) is 17.8 Å². The smallest absolute Gasteiger partial charge is 0.156 e. The van der Waals surface area contributed by atoms with Gasteiger partial charge in [0.1, 0.15) is 5.75 Å². The zero-order valence-corrected chi connectivity index (χ0v) is 11.1. The van der Waals surface area contributed by atoms with Crippen molar-refractivity contribution in [3.63, 3.8) is 0 Å². The van der Waals surface area contributed by atoms with Crippen LogP contribution >= 0.6 is 0 Å². The van der Waals surface area contributed by atoms with Crippen molar-refractivity contribution in [1.82, 2.24) is 4.98 Å². The molecule has 0 saturated carbocycles. The maximum absolute atomic E-state index is 10.1. The van der Waals surface area contributed by atoms with E-state index in [-0.39, 0.29) is 6.04 Å². The predicted molar refractivity (Wildman–Crippen MR) is 78.7 cm³/mol. The van der Waals surface area contributed by atoms with Crippen molar-refractivity contribution in [1.29, 1.82) is 0 Å². The van der Waals surface area contributed by atoms with Gasteiger partial charge in [-0.3, -0.25) is 0 Å². The molecule has 0 fully saturated rings. The minimum Gasteiger partial charge on any atom is -0.507 e. The monoisotopic (exact) mass is 265 g/mol. The second-order valence-corrected chi connectivity index (χ2v) is 5.37. The standard InChI is InChI=1S/C17H16N2O/c20-15-8-4-2-6-13(15)16-17-12(9-10-18-16)11-5-1-3-7-14(11)19-17/h1-8,16,18-20H,9-10H2/p+1/t16-/m0/s1. The topological polar surface area (TPSA) is 52.6 Å². The minimum absolute atomic E-state index is 0.160. The SMILES string of the molecule is Oc1ccccc1[C@@H]1[NH2+]CCc2c1[nH]c1ccccc21. The van der Waals surface area contributed by atoms with Crippen molar-refractivity contribution < 1.29 is 10.4 Å². The number of aromatic amines is 1. The van der Waals surface area contributed by atoms with Crippen LogP contribution in [0.2, 0.25) is 0 Å². The Balaban J connectivity index is 1.92. The highest BCUT2D eigenvalue weighted by Crippen LogP contribution is 2.33. The quantitative estimate of drug-likeness (QED) is 0.620. The first kappa shape index (κ1) is 11.6. The van der Waals surface area contributed by atoms with Gasteiger partial charge in [-0.15, -0.1) is 0 Å². The van der Waals surface area contributed by atoms with Crippen LogP contribution < -0.4 is 5.32 Å². The average Bonchev–Trinajstić information content (AvgIpc) is 2.86. The molecule has 1 aromatic heterocycles. The number of aromatic hydroxyl groups is 1. The minimum atomic E-state index is 0.160. The molecule has 0 amide bonds. The normalized spacial score (nSPS) is 18.1. The molecule has 3 heteroatoms. The first-order valence-corrected chi connectivity index (χ1v) is 7.05. The third kappa shape index (κ3) is 1.63. The fourth-order valence-electron chi connectivity index (χ4n) is 3.30. The van der Waals surface area contributed by atoms with Crippen LogP contribution in [0.15, 0.2) is 48.5 Å². The molecule has 2 aromatic carbocycles. The van der Waals surface area contributed by atoms with E-state index in [1.54, 1.807) is 6.07 Å². The zero-order chi connectivity index (χ0) is 13.5. The van der Waals surface area contributed by atoms with E-state index in [2.05, 4.69) is 34.6 Å². The van der Waals surface area contributed by atoms with Gasteiger partial charge < -0.3 is 15.4 Å². The summed E-state index contributed by atoms with van der Waals surface area (Å²) in [5, 5.41) is 13.7. The highest BCUT2D eigenvalue weighted by molar-refractivity contribution is 5.85. The highest BCUT2D eigenvalue weighted by atomic mass is 16.3. The van der Waals surface area contributed by atoms with Gasteiger partial charge in [-0.2, -0.15) is 0 Å². The maximum Gasteiger partial charge on any atom is 0.156 e. The molecule has 4 N–H and O–H groups in total. The molecule has 0 unspecified atom stereocenters. The number of hydrogen-bond donors (Lipinski definition) is 3. The number of aromatic nitrogens is 1. The van der Waals surface area contributed by atoms with E-state index in [1.165, 1.54) is 22.2 Å². The Bertz CT molecular complexity index is 776. The Kier molecular flexibility index (Phi) is 2.54. The first-order valence-electron chi connectivity index (χ1n) is 7.05. The van der Waals surface area contributed by atoms with Gasteiger partial charge in [-0.1, -0.05) is 30.3 Å². The molecule has 0 radical (unpaired) electrons. The number of quaternary nitrogens is 1. The van der Waals surface area contributed by atoms with E-state index >= 15 is 0 Å². The van der Waals surface area contributed by atoms with Crippen molar-refractivity contribution >= 4 is 10.9 Å². The molecule has 0 saturated heterocycles. The van der Waals surface area contributed by atoms with Crippen LogP contribution in [0.4, 0.5) is 0 Å². The van der Waals surface area contributed by atoms with Gasteiger partial charge in [0.15, 0.2) is 6.04 Å². The molecule has 1 atom stereocenters. The number of rotatable bonds is 1. The lowest BCUT2D eigenvalue weighted by Gasteiger charge is -2.22. The van der Waals surface area contributed by atoms with Crippen LogP contribution in [0.5, 0.6) is 5.75 Å². The summed E-state index contributed by atoms with van der Waals surface area (Å²) in [5.74, 6) is 0.375. The van der Waals surface area contributed by atoms with Crippen LogP contribution in [0.25, 0.3) is 10.9 Å². The van der Waals surface area contributed by atoms with E-state index in [0.29, 0.717) is 5.75 Å². The molecule has 3 aromatic rings. The third-order valence-corrected chi connectivity index (χ3v) is 4.23. The van der Waals surface area contributed by atoms with Crippen molar-refractivity contribution in [2.75, 3.05) is 6.54 Å². The van der Waals surface area contributed by atoms with E-state index in [0.717, 1.165) is 18.5 Å². The number of H-pyrrole nitrogens is 1. The van der Waals surface area contributed by atoms with E-state index < -0.39 is 0 Å². The fourth-order valence-corrected chi connectivity index (χ4v) is 3.30. The van der Waals surface area contributed by atoms with Gasteiger partial charge in [0.2, 0.25) is 0 Å². The van der Waals surface area contributed by atoms with E-state index in [9.17, 15) is 5.11 Å². The number of fused-ring (bicyclic) bond motifs is 3. The molecule has 0 spiro atoms. The summed E-state index contributed by atoms with van der Waals surface area (Å²) in [5.41, 5.74) is 4.81. The summed E-state index contributed by atoms with van der Waals surface area (Å²) >= 11 is 0. The molecule has 3 nitrogen and oxygen atoms in total. The highest BCUT2D eigenvalue weighted by Gasteiger charge is 2.29. The molecule has 100 valence electrons. The molecule has 4 rings (SSSR count). The number of benzene rings is 2. The average molecular weight is 265 g/mol. The molecular formula is C17H17N2O+. The van der Waals surface area contributed by atoms with Crippen molar-refractivity contribution in [3.8, 4) is 5.75 Å². The van der Waals surface area contributed by atoms with Crippen LogP contribution in [-0.4, -0.2) is 16.6 Å². The molecular weight excluding hydrogens is 248 g/mol. The van der Waals surface area contributed by atoms with Crippen molar-refractivity contribution in [2.24, 2.45) is 0 Å². The molecule has 1 aliphatic rings. The summed E-state index contributed by atoms with van der Waals surface area (Å²) < 4.78 is 0. The lowest BCUT2D eigenvalue weighted by molar-refractivity contribution is -0.690. The van der Waals surface area contributed by atoms with Gasteiger partial charge in [0.25, 0.3) is 0 Å². The van der Waals surface area contributed by atoms with Crippen LogP contribution in [0, 0.1) is 0 Å². The predicted octanol–water partition coefficient (Wildman–Crippen LogP) is 2.08. The second-order valence-electron chi connectivity index (χ2n) is 5.37. The molecule has 0 bridgehead atoms. The van der Waals surface area contributed by atoms with Gasteiger partial charge in [-0.05, 0) is 23.8 Å². The van der Waals surface area contributed by atoms with Crippen molar-refractivity contribution in [3.05, 3.63) is 65.4 Å². The first-order chi connectivity index (χ1) is 9.84. The molecule has 2 heterocycles. The van der Waals surface area contributed by atoms with Crippen LogP contribution in [0.1, 0.15) is 22.9 Å². The Labute approximate surface area is 117 Å². The number of phenolic OH excluding ortho intramolecular Hbond substituents is 1. The third-order valence-electron chi connectivity index (χ3n) is 4.23. The molecule has 20 heavy (non-hydrogen) atoms. The maximum atomic E-state index is 10.1. The summed E-state index contributed by atoms with van der Waals surface area (Å²) in [6.07, 6.45) is 1.07.